The maximum atomic E-state index is 12.5. The van der Waals surface area contributed by atoms with Gasteiger partial charge in [-0.1, -0.05) is 13.8 Å². The number of likely N-dealkylation sites (N-methyl/N-ethyl adjacent to an activating group) is 1. The Morgan fingerprint density at radius 2 is 2.00 bits per heavy atom. The molecule has 0 spiro atoms. The van der Waals surface area contributed by atoms with Crippen molar-refractivity contribution in [2.75, 3.05) is 27.2 Å². The largest absolute Gasteiger partial charge is 0.330 e. The topological polar surface area (TPSA) is 75.4 Å². The van der Waals surface area contributed by atoms with E-state index >= 15 is 0 Å². The summed E-state index contributed by atoms with van der Waals surface area (Å²) in [5, 5.41) is 0. The second-order valence-electron chi connectivity index (χ2n) is 5.97. The zero-order chi connectivity index (χ0) is 16.0. The summed E-state index contributed by atoms with van der Waals surface area (Å²) in [6, 6.07) is 3.43. The lowest BCUT2D eigenvalue weighted by atomic mass is 10.0. The quantitative estimate of drug-likeness (QED) is 0.718. The Bertz CT molecular complexity index is 514. The maximum absolute atomic E-state index is 12.5. The van der Waals surface area contributed by atoms with E-state index in [4.69, 9.17) is 5.73 Å². The Morgan fingerprint density at radius 3 is 2.52 bits per heavy atom. The Balaban J connectivity index is 2.83. The van der Waals surface area contributed by atoms with Crippen molar-refractivity contribution in [3.05, 3.63) is 17.0 Å². The molecule has 0 aliphatic carbocycles. The molecular formula is C14H27N3O2S2. The number of nitrogens with one attached hydrogen (secondary N) is 1. The first-order chi connectivity index (χ1) is 9.74. The van der Waals surface area contributed by atoms with Crippen LogP contribution in [0.15, 0.2) is 16.3 Å². The molecular weight excluding hydrogens is 306 g/mol. The predicted molar refractivity (Wildman–Crippen MR) is 89.2 cm³/mol. The molecule has 0 aliphatic rings. The van der Waals surface area contributed by atoms with E-state index < -0.39 is 10.0 Å². The van der Waals surface area contributed by atoms with E-state index in [1.807, 2.05) is 25.1 Å². The van der Waals surface area contributed by atoms with Gasteiger partial charge in [0.2, 0.25) is 10.0 Å². The van der Waals surface area contributed by atoms with Crippen LogP contribution < -0.4 is 10.5 Å². The van der Waals surface area contributed by atoms with Crippen LogP contribution in [0.3, 0.4) is 0 Å². The molecule has 122 valence electrons. The van der Waals surface area contributed by atoms with E-state index in [-0.39, 0.29) is 6.04 Å². The van der Waals surface area contributed by atoms with Gasteiger partial charge in [0.05, 0.1) is 0 Å². The van der Waals surface area contributed by atoms with Gasteiger partial charge in [0, 0.05) is 17.5 Å². The number of hydrogen-bond donors (Lipinski definition) is 2. The van der Waals surface area contributed by atoms with Gasteiger partial charge in [-0.3, -0.25) is 0 Å². The number of nitrogens with two attached hydrogens (primary N) is 1. The minimum atomic E-state index is -3.45. The zero-order valence-corrected chi connectivity index (χ0v) is 14.9. The number of rotatable bonds is 9. The van der Waals surface area contributed by atoms with Crippen LogP contribution in [-0.2, 0) is 16.4 Å². The van der Waals surface area contributed by atoms with Crippen molar-refractivity contribution < 1.29 is 8.42 Å². The molecule has 1 aromatic rings. The third kappa shape index (κ3) is 6.44. The van der Waals surface area contributed by atoms with E-state index in [2.05, 4.69) is 18.6 Å². The highest BCUT2D eigenvalue weighted by Crippen LogP contribution is 2.22. The predicted octanol–water partition coefficient (Wildman–Crippen LogP) is 1.50. The highest BCUT2D eigenvalue weighted by Gasteiger charge is 2.22. The summed E-state index contributed by atoms with van der Waals surface area (Å²) in [4.78, 5) is 3.01. The van der Waals surface area contributed by atoms with Crippen LogP contribution in [0.1, 0.15) is 25.1 Å². The highest BCUT2D eigenvalue weighted by atomic mass is 32.2. The summed E-state index contributed by atoms with van der Waals surface area (Å²) in [6.07, 6.45) is 1.53. The summed E-state index contributed by atoms with van der Waals surface area (Å²) < 4.78 is 28.2. The molecule has 7 heteroatoms. The molecule has 21 heavy (non-hydrogen) atoms. The van der Waals surface area contributed by atoms with Crippen molar-refractivity contribution in [2.24, 2.45) is 11.7 Å². The van der Waals surface area contributed by atoms with E-state index in [1.165, 1.54) is 11.3 Å². The van der Waals surface area contributed by atoms with Crippen LogP contribution in [-0.4, -0.2) is 46.5 Å². The van der Waals surface area contributed by atoms with Crippen molar-refractivity contribution >= 4 is 21.4 Å². The highest BCUT2D eigenvalue weighted by molar-refractivity contribution is 7.91. The van der Waals surface area contributed by atoms with Crippen LogP contribution in [0.25, 0.3) is 0 Å². The van der Waals surface area contributed by atoms with Crippen LogP contribution in [0.5, 0.6) is 0 Å². The van der Waals surface area contributed by atoms with Crippen LogP contribution in [0.2, 0.25) is 0 Å². The summed E-state index contributed by atoms with van der Waals surface area (Å²) in [6.45, 7) is 5.42. The molecule has 0 amide bonds. The van der Waals surface area contributed by atoms with E-state index in [0.717, 1.165) is 11.3 Å². The average Bonchev–Trinajstić information content (AvgIpc) is 2.76. The van der Waals surface area contributed by atoms with Crippen molar-refractivity contribution in [1.29, 1.82) is 0 Å². The molecule has 3 N–H and O–H groups in total. The van der Waals surface area contributed by atoms with Gasteiger partial charge in [-0.05, 0) is 51.5 Å². The molecule has 5 nitrogen and oxygen atoms in total. The van der Waals surface area contributed by atoms with Crippen LogP contribution in [0, 0.1) is 5.92 Å². The van der Waals surface area contributed by atoms with Crippen molar-refractivity contribution in [1.82, 2.24) is 9.62 Å². The fraction of sp³-hybridized carbons (Fsp3) is 0.714. The fourth-order valence-corrected chi connectivity index (χ4v) is 4.85. The fourth-order valence-electron chi connectivity index (χ4n) is 2.23. The molecule has 0 fully saturated rings. The summed E-state index contributed by atoms with van der Waals surface area (Å²) >= 11 is 1.30. The number of sulfonamides is 1. The third-order valence-corrected chi connectivity index (χ3v) is 6.11. The number of hydrogen-bond acceptors (Lipinski definition) is 5. The van der Waals surface area contributed by atoms with Gasteiger partial charge in [-0.2, -0.15) is 0 Å². The molecule has 1 atom stereocenters. The lowest BCUT2D eigenvalue weighted by Crippen LogP contribution is -2.42. The van der Waals surface area contributed by atoms with Crippen LogP contribution in [0.4, 0.5) is 0 Å². The van der Waals surface area contributed by atoms with Gasteiger partial charge >= 0.3 is 0 Å². The Morgan fingerprint density at radius 1 is 1.33 bits per heavy atom. The third-order valence-electron chi connectivity index (χ3n) is 2.96. The second kappa shape index (κ2) is 8.24. The molecule has 1 rings (SSSR count). The monoisotopic (exact) mass is 333 g/mol. The van der Waals surface area contributed by atoms with Crippen molar-refractivity contribution in [3.8, 4) is 0 Å². The molecule has 1 unspecified atom stereocenters. The van der Waals surface area contributed by atoms with Crippen molar-refractivity contribution in [2.45, 2.75) is 36.9 Å². The molecule has 0 radical (unpaired) electrons. The molecule has 0 bridgehead atoms. The molecule has 1 aromatic heterocycles. The average molecular weight is 334 g/mol. The Kier molecular flexibility index (Phi) is 7.29. The molecule has 0 aliphatic heterocycles. The van der Waals surface area contributed by atoms with E-state index in [1.54, 1.807) is 6.07 Å². The smallest absolute Gasteiger partial charge is 0.250 e. The second-order valence-corrected chi connectivity index (χ2v) is 9.08. The molecule has 1 heterocycles. The lowest BCUT2D eigenvalue weighted by Gasteiger charge is -2.23. The minimum absolute atomic E-state index is 0.0786. The van der Waals surface area contributed by atoms with E-state index in [9.17, 15) is 8.42 Å². The summed E-state index contributed by atoms with van der Waals surface area (Å²) in [5.74, 6) is 0.439. The number of nitrogens with zero attached hydrogens (tertiary/aromatic N) is 1. The SMILES string of the molecule is CC(C)CC(CN(C)C)NS(=O)(=O)c1ccc(CCN)s1. The standard InChI is InChI=1S/C14H27N3O2S2/c1-11(2)9-12(10-17(3)4)16-21(18,19)14-6-5-13(20-14)7-8-15/h5-6,11-12,16H,7-10,15H2,1-4H3. The first kappa shape index (κ1) is 18.6. The first-order valence-corrected chi connectivity index (χ1v) is 9.50. The Labute approximate surface area is 132 Å². The zero-order valence-electron chi connectivity index (χ0n) is 13.3. The molecule has 0 saturated heterocycles. The van der Waals surface area contributed by atoms with Gasteiger partial charge in [0.15, 0.2) is 0 Å². The van der Waals surface area contributed by atoms with Gasteiger partial charge in [0.25, 0.3) is 0 Å². The molecule has 0 saturated carbocycles. The summed E-state index contributed by atoms with van der Waals surface area (Å²) in [5.41, 5.74) is 5.51. The minimum Gasteiger partial charge on any atom is -0.330 e. The van der Waals surface area contributed by atoms with Gasteiger partial charge in [-0.15, -0.1) is 11.3 Å². The first-order valence-electron chi connectivity index (χ1n) is 7.20. The maximum Gasteiger partial charge on any atom is 0.250 e. The van der Waals surface area contributed by atoms with Gasteiger partial charge in [0.1, 0.15) is 4.21 Å². The summed E-state index contributed by atoms with van der Waals surface area (Å²) in [7, 11) is 0.454. The van der Waals surface area contributed by atoms with E-state index in [0.29, 0.717) is 29.6 Å². The molecule has 0 aromatic carbocycles. The van der Waals surface area contributed by atoms with Gasteiger partial charge < -0.3 is 10.6 Å². The van der Waals surface area contributed by atoms with Crippen LogP contribution >= 0.6 is 11.3 Å². The normalized spacial score (nSPS) is 14.0. The number of thiophene rings is 1. The van der Waals surface area contributed by atoms with Gasteiger partial charge in [-0.25, -0.2) is 13.1 Å². The Hall–Kier alpha value is -0.470. The van der Waals surface area contributed by atoms with Crippen molar-refractivity contribution in [3.63, 3.8) is 0 Å². The lowest BCUT2D eigenvalue weighted by molar-refractivity contribution is 0.329.